The fourth-order valence-electron chi connectivity index (χ4n) is 1.37. The third-order valence-electron chi connectivity index (χ3n) is 2.09. The second-order valence-electron chi connectivity index (χ2n) is 3.46. The maximum atomic E-state index is 13.7. The van der Waals surface area contributed by atoms with Gasteiger partial charge in [0.2, 0.25) is 0 Å². The summed E-state index contributed by atoms with van der Waals surface area (Å²) in [5.41, 5.74) is 5.68. The molecule has 2 aromatic rings. The molecule has 0 bridgehead atoms. The van der Waals surface area contributed by atoms with Gasteiger partial charge in [-0.05, 0) is 39.3 Å². The molecule has 1 atom stereocenters. The largest absolute Gasteiger partial charge is 0.321 e. The number of halogens is 3. The van der Waals surface area contributed by atoms with Gasteiger partial charge in [0.05, 0.1) is 6.04 Å². The highest BCUT2D eigenvalue weighted by molar-refractivity contribution is 9.10. The van der Waals surface area contributed by atoms with Crippen LogP contribution in [0.2, 0.25) is 0 Å². The van der Waals surface area contributed by atoms with Crippen LogP contribution in [0.1, 0.15) is 18.8 Å². The molecule has 0 aliphatic carbocycles. The molecule has 0 radical (unpaired) electrons. The molecule has 0 saturated carbocycles. The molecule has 5 nitrogen and oxygen atoms in total. The third kappa shape index (κ3) is 2.18. The van der Waals surface area contributed by atoms with Crippen molar-refractivity contribution in [2.45, 2.75) is 13.0 Å². The molecular weight excluding hydrogens is 296 g/mol. The average molecular weight is 304 g/mol. The van der Waals surface area contributed by atoms with Crippen LogP contribution < -0.4 is 5.73 Å². The Morgan fingerprint density at radius 2 is 2.12 bits per heavy atom. The summed E-state index contributed by atoms with van der Waals surface area (Å²) in [7, 11) is 0. The number of tetrazole rings is 1. The predicted octanol–water partition coefficient (Wildman–Crippen LogP) is 1.72. The van der Waals surface area contributed by atoms with Crippen molar-refractivity contribution < 1.29 is 8.78 Å². The Balaban J connectivity index is 2.64. The van der Waals surface area contributed by atoms with Gasteiger partial charge >= 0.3 is 0 Å². The van der Waals surface area contributed by atoms with E-state index in [1.54, 1.807) is 6.92 Å². The molecule has 0 aliphatic heterocycles. The van der Waals surface area contributed by atoms with Gasteiger partial charge in [0.1, 0.15) is 11.5 Å². The molecule has 1 heterocycles. The lowest BCUT2D eigenvalue weighted by molar-refractivity contribution is 0.564. The first-order chi connectivity index (χ1) is 8.00. The van der Waals surface area contributed by atoms with Crippen molar-refractivity contribution in [3.8, 4) is 5.69 Å². The lowest BCUT2D eigenvalue weighted by Crippen LogP contribution is -2.14. The molecule has 0 fully saturated rings. The van der Waals surface area contributed by atoms with Gasteiger partial charge in [-0.3, -0.25) is 0 Å². The van der Waals surface area contributed by atoms with Crippen molar-refractivity contribution in [1.29, 1.82) is 0 Å². The smallest absolute Gasteiger partial charge is 0.173 e. The van der Waals surface area contributed by atoms with Crippen molar-refractivity contribution in [3.63, 3.8) is 0 Å². The van der Waals surface area contributed by atoms with E-state index in [1.165, 1.54) is 0 Å². The zero-order valence-corrected chi connectivity index (χ0v) is 10.3. The van der Waals surface area contributed by atoms with Crippen LogP contribution in [-0.2, 0) is 0 Å². The van der Waals surface area contributed by atoms with E-state index in [0.29, 0.717) is 0 Å². The van der Waals surface area contributed by atoms with Crippen LogP contribution >= 0.6 is 15.9 Å². The molecule has 0 amide bonds. The summed E-state index contributed by atoms with van der Waals surface area (Å²) in [4.78, 5) is 0. The molecule has 2 rings (SSSR count). The molecule has 0 saturated heterocycles. The maximum absolute atomic E-state index is 13.7. The number of hydrogen-bond acceptors (Lipinski definition) is 4. The molecule has 1 aromatic carbocycles. The van der Waals surface area contributed by atoms with Crippen LogP contribution in [0, 0.1) is 11.6 Å². The van der Waals surface area contributed by atoms with Crippen LogP contribution in [0.4, 0.5) is 8.78 Å². The minimum absolute atomic E-state index is 0.0312. The molecule has 0 spiro atoms. The number of hydrogen-bond donors (Lipinski definition) is 1. The molecular formula is C9H8BrF2N5. The van der Waals surface area contributed by atoms with Crippen molar-refractivity contribution in [2.24, 2.45) is 5.73 Å². The summed E-state index contributed by atoms with van der Waals surface area (Å²) >= 11 is 3.07. The Labute approximate surface area is 104 Å². The first-order valence-corrected chi connectivity index (χ1v) is 5.48. The topological polar surface area (TPSA) is 69.6 Å². The monoisotopic (exact) mass is 303 g/mol. The van der Waals surface area contributed by atoms with Gasteiger partial charge in [-0.25, -0.2) is 8.78 Å². The Hall–Kier alpha value is -1.41. The summed E-state index contributed by atoms with van der Waals surface area (Å²) < 4.78 is 28.0. The van der Waals surface area contributed by atoms with Gasteiger partial charge in [-0.1, -0.05) is 0 Å². The minimum atomic E-state index is -0.772. The van der Waals surface area contributed by atoms with Gasteiger partial charge in [0.25, 0.3) is 0 Å². The third-order valence-corrected chi connectivity index (χ3v) is 2.70. The number of aromatic nitrogens is 4. The van der Waals surface area contributed by atoms with E-state index in [-0.39, 0.29) is 16.0 Å². The quantitative estimate of drug-likeness (QED) is 0.917. The van der Waals surface area contributed by atoms with Gasteiger partial charge < -0.3 is 5.73 Å². The molecule has 8 heteroatoms. The Morgan fingerprint density at radius 3 is 2.71 bits per heavy atom. The molecule has 1 aromatic heterocycles. The van der Waals surface area contributed by atoms with E-state index in [0.717, 1.165) is 16.8 Å². The van der Waals surface area contributed by atoms with Crippen LogP contribution in [0.25, 0.3) is 5.69 Å². The SMILES string of the molecule is CC(N)c1nnnn1-c1c(F)cc(F)cc1Br. The zero-order valence-electron chi connectivity index (χ0n) is 8.73. The highest BCUT2D eigenvalue weighted by atomic mass is 79.9. The van der Waals surface area contributed by atoms with Crippen LogP contribution in [0.3, 0.4) is 0 Å². The van der Waals surface area contributed by atoms with Crippen LogP contribution in [-0.4, -0.2) is 20.2 Å². The molecule has 2 N–H and O–H groups in total. The second-order valence-corrected chi connectivity index (χ2v) is 4.31. The Kier molecular flexibility index (Phi) is 3.16. The first-order valence-electron chi connectivity index (χ1n) is 4.69. The number of benzene rings is 1. The van der Waals surface area contributed by atoms with Crippen molar-refractivity contribution >= 4 is 15.9 Å². The molecule has 0 aliphatic rings. The van der Waals surface area contributed by atoms with Crippen molar-refractivity contribution in [1.82, 2.24) is 20.2 Å². The van der Waals surface area contributed by atoms with Crippen molar-refractivity contribution in [3.05, 3.63) is 34.1 Å². The number of nitrogens with zero attached hydrogens (tertiary/aromatic N) is 4. The fraction of sp³-hybridized carbons (Fsp3) is 0.222. The first kappa shape index (κ1) is 12.1. The lowest BCUT2D eigenvalue weighted by Gasteiger charge is -2.09. The average Bonchev–Trinajstić information content (AvgIpc) is 2.64. The number of nitrogens with two attached hydrogens (primary N) is 1. The lowest BCUT2D eigenvalue weighted by atomic mass is 10.2. The Bertz CT molecular complexity index is 531. The van der Waals surface area contributed by atoms with Gasteiger partial charge in [-0.2, -0.15) is 4.68 Å². The maximum Gasteiger partial charge on any atom is 0.173 e. The molecule has 17 heavy (non-hydrogen) atoms. The predicted molar refractivity (Wildman–Crippen MR) is 59.4 cm³/mol. The summed E-state index contributed by atoms with van der Waals surface area (Å²) in [5.74, 6) is -1.17. The Morgan fingerprint density at radius 1 is 1.41 bits per heavy atom. The second kappa shape index (κ2) is 4.46. The van der Waals surface area contributed by atoms with Gasteiger partial charge in [0, 0.05) is 10.5 Å². The summed E-state index contributed by atoms with van der Waals surface area (Å²) in [6, 6.07) is 1.42. The van der Waals surface area contributed by atoms with Gasteiger partial charge in [0.15, 0.2) is 11.6 Å². The van der Waals surface area contributed by atoms with Crippen molar-refractivity contribution in [2.75, 3.05) is 0 Å². The van der Waals surface area contributed by atoms with E-state index in [2.05, 4.69) is 31.5 Å². The van der Waals surface area contributed by atoms with E-state index in [4.69, 9.17) is 5.73 Å². The standard InChI is InChI=1S/C9H8BrF2N5/c1-4(13)9-14-15-16-17(9)8-6(10)2-5(11)3-7(8)12/h2-4H,13H2,1H3. The number of rotatable bonds is 2. The summed E-state index contributed by atoms with van der Waals surface area (Å²) in [5, 5.41) is 10.8. The normalized spacial score (nSPS) is 12.8. The fourth-order valence-corrected chi connectivity index (χ4v) is 1.95. The molecule has 90 valence electrons. The van der Waals surface area contributed by atoms with E-state index in [9.17, 15) is 8.78 Å². The zero-order chi connectivity index (χ0) is 12.6. The summed E-state index contributed by atoms with van der Waals surface area (Å²) in [6.07, 6.45) is 0. The summed E-state index contributed by atoms with van der Waals surface area (Å²) in [6.45, 7) is 1.66. The van der Waals surface area contributed by atoms with E-state index < -0.39 is 17.7 Å². The van der Waals surface area contributed by atoms with E-state index in [1.807, 2.05) is 0 Å². The van der Waals surface area contributed by atoms with Crippen LogP contribution in [0.15, 0.2) is 16.6 Å². The minimum Gasteiger partial charge on any atom is -0.321 e. The van der Waals surface area contributed by atoms with Gasteiger partial charge in [-0.15, -0.1) is 5.10 Å². The highest BCUT2D eigenvalue weighted by Gasteiger charge is 2.18. The van der Waals surface area contributed by atoms with E-state index >= 15 is 0 Å². The highest BCUT2D eigenvalue weighted by Crippen LogP contribution is 2.26. The van der Waals surface area contributed by atoms with Crippen LogP contribution in [0.5, 0.6) is 0 Å². The molecule has 1 unspecified atom stereocenters.